The molecule has 1 aliphatic rings. The number of Topliss-reactive ketones (excluding diaryl/α,β-unsaturated/α-hetero) is 1. The largest absolute Gasteiger partial charge is 0.349 e. The summed E-state index contributed by atoms with van der Waals surface area (Å²) < 4.78 is 0. The maximum absolute atomic E-state index is 12.4. The molecule has 1 aliphatic carbocycles. The summed E-state index contributed by atoms with van der Waals surface area (Å²) in [6, 6.07) is 9.34. The van der Waals surface area contributed by atoms with E-state index < -0.39 is 0 Å². The van der Waals surface area contributed by atoms with Crippen LogP contribution < -0.4 is 10.6 Å². The fraction of sp³-hybridized carbons (Fsp3) is 0.375. The zero-order valence-electron chi connectivity index (χ0n) is 17.9. The van der Waals surface area contributed by atoms with Crippen molar-refractivity contribution in [3.63, 3.8) is 0 Å². The predicted molar refractivity (Wildman–Crippen MR) is 122 cm³/mol. The van der Waals surface area contributed by atoms with Crippen LogP contribution in [0.4, 0.5) is 5.69 Å². The first kappa shape index (κ1) is 22.1. The van der Waals surface area contributed by atoms with Crippen molar-refractivity contribution in [3.8, 4) is 0 Å². The molecule has 2 aromatic rings. The van der Waals surface area contributed by atoms with Crippen LogP contribution in [0.15, 0.2) is 30.3 Å². The molecule has 0 unspecified atom stereocenters. The van der Waals surface area contributed by atoms with Gasteiger partial charge in [-0.3, -0.25) is 14.4 Å². The Morgan fingerprint density at radius 1 is 1.07 bits per heavy atom. The minimum atomic E-state index is -0.117. The fourth-order valence-corrected chi connectivity index (χ4v) is 4.68. The Morgan fingerprint density at radius 3 is 2.47 bits per heavy atom. The van der Waals surface area contributed by atoms with E-state index in [1.54, 1.807) is 31.2 Å². The number of benzene rings is 2. The van der Waals surface area contributed by atoms with Gasteiger partial charge in [-0.05, 0) is 81.0 Å². The van der Waals surface area contributed by atoms with E-state index in [-0.39, 0.29) is 17.6 Å². The summed E-state index contributed by atoms with van der Waals surface area (Å²) in [7, 11) is 0. The van der Waals surface area contributed by atoms with E-state index in [2.05, 4.69) is 10.6 Å². The lowest BCUT2D eigenvalue weighted by Crippen LogP contribution is -2.25. The van der Waals surface area contributed by atoms with Gasteiger partial charge in [0, 0.05) is 28.6 Å². The highest BCUT2D eigenvalue weighted by Gasteiger charge is 2.23. The lowest BCUT2D eigenvalue weighted by molar-refractivity contribution is -0.113. The number of rotatable bonds is 8. The summed E-state index contributed by atoms with van der Waals surface area (Å²) in [5.41, 5.74) is 6.19. The second-order valence-corrected chi connectivity index (χ2v) is 8.90. The second kappa shape index (κ2) is 9.47. The lowest BCUT2D eigenvalue weighted by Gasteiger charge is -2.15. The predicted octanol–water partition coefficient (Wildman–Crippen LogP) is 4.58. The third-order valence-corrected chi connectivity index (χ3v) is 6.24. The molecular weight excluding hydrogens is 396 g/mol. The Labute approximate surface area is 182 Å². The molecule has 2 amide bonds. The van der Waals surface area contributed by atoms with Gasteiger partial charge < -0.3 is 10.6 Å². The van der Waals surface area contributed by atoms with Crippen molar-refractivity contribution in [2.75, 3.05) is 11.1 Å². The average Bonchev–Trinajstić information content (AvgIpc) is 3.48. The number of aryl methyl sites for hydroxylation is 2. The Morgan fingerprint density at radius 2 is 1.80 bits per heavy atom. The van der Waals surface area contributed by atoms with E-state index >= 15 is 0 Å². The first-order chi connectivity index (χ1) is 14.3. The number of amides is 2. The fourth-order valence-electron chi connectivity index (χ4n) is 3.67. The SMILES string of the molecule is CC(=O)c1c(C)cc(C)c(CSCC(=O)Nc2cccc(C(=O)NC3CC3)c2)c1C. The van der Waals surface area contributed by atoms with E-state index in [0.717, 1.165) is 40.7 Å². The van der Waals surface area contributed by atoms with Crippen molar-refractivity contribution in [2.45, 2.75) is 52.3 Å². The molecule has 2 N–H and O–H groups in total. The number of nitrogens with one attached hydrogen (secondary N) is 2. The van der Waals surface area contributed by atoms with Crippen LogP contribution in [0, 0.1) is 20.8 Å². The molecule has 0 bridgehead atoms. The number of anilines is 1. The van der Waals surface area contributed by atoms with Crippen LogP contribution >= 0.6 is 11.8 Å². The number of carbonyl (C=O) groups is 3. The topological polar surface area (TPSA) is 75.3 Å². The standard InChI is InChI=1S/C24H28N2O3S/c1-14-10-15(2)23(17(4)27)16(3)21(14)12-30-13-22(28)25-20-7-5-6-18(11-20)24(29)26-19-8-9-19/h5-7,10-11,19H,8-9,12-13H2,1-4H3,(H,25,28)(H,26,29). The average molecular weight is 425 g/mol. The van der Waals surface area contributed by atoms with E-state index in [1.807, 2.05) is 26.8 Å². The highest BCUT2D eigenvalue weighted by Crippen LogP contribution is 2.26. The van der Waals surface area contributed by atoms with Gasteiger partial charge in [-0.2, -0.15) is 0 Å². The van der Waals surface area contributed by atoms with Crippen LogP contribution in [-0.4, -0.2) is 29.4 Å². The molecule has 3 rings (SSSR count). The van der Waals surface area contributed by atoms with Crippen molar-refractivity contribution >= 4 is 35.0 Å². The minimum Gasteiger partial charge on any atom is -0.349 e. The number of hydrogen-bond acceptors (Lipinski definition) is 4. The van der Waals surface area contributed by atoms with Crippen LogP contribution in [0.1, 0.15) is 62.7 Å². The summed E-state index contributed by atoms with van der Waals surface area (Å²) in [5.74, 6) is 0.805. The molecule has 6 heteroatoms. The molecule has 0 spiro atoms. The zero-order valence-corrected chi connectivity index (χ0v) is 18.7. The van der Waals surface area contributed by atoms with Crippen molar-refractivity contribution < 1.29 is 14.4 Å². The van der Waals surface area contributed by atoms with Crippen molar-refractivity contribution in [1.82, 2.24) is 5.32 Å². The first-order valence-corrected chi connectivity index (χ1v) is 11.3. The van der Waals surface area contributed by atoms with Gasteiger partial charge in [0.2, 0.25) is 5.91 Å². The minimum absolute atomic E-state index is 0.0691. The van der Waals surface area contributed by atoms with Crippen molar-refractivity contribution in [2.24, 2.45) is 0 Å². The highest BCUT2D eigenvalue weighted by atomic mass is 32.2. The maximum Gasteiger partial charge on any atom is 0.251 e. The molecule has 0 heterocycles. The van der Waals surface area contributed by atoms with Crippen LogP contribution in [0.25, 0.3) is 0 Å². The summed E-state index contributed by atoms with van der Waals surface area (Å²) >= 11 is 1.51. The van der Waals surface area contributed by atoms with Crippen LogP contribution in [0.5, 0.6) is 0 Å². The number of thioether (sulfide) groups is 1. The monoisotopic (exact) mass is 424 g/mol. The molecule has 0 atom stereocenters. The second-order valence-electron chi connectivity index (χ2n) is 7.91. The number of ketones is 1. The molecular formula is C24H28N2O3S. The smallest absolute Gasteiger partial charge is 0.251 e. The van der Waals surface area contributed by atoms with E-state index in [4.69, 9.17) is 0 Å². The highest BCUT2D eigenvalue weighted by molar-refractivity contribution is 7.99. The Bertz CT molecular complexity index is 996. The van der Waals surface area contributed by atoms with Gasteiger partial charge >= 0.3 is 0 Å². The van der Waals surface area contributed by atoms with Gasteiger partial charge in [-0.25, -0.2) is 0 Å². The molecule has 1 fully saturated rings. The molecule has 0 saturated heterocycles. The Kier molecular flexibility index (Phi) is 6.98. The van der Waals surface area contributed by atoms with Gasteiger partial charge in [-0.15, -0.1) is 11.8 Å². The third kappa shape index (κ3) is 5.51. The number of hydrogen-bond donors (Lipinski definition) is 2. The van der Waals surface area contributed by atoms with Crippen LogP contribution in [0.2, 0.25) is 0 Å². The van der Waals surface area contributed by atoms with Gasteiger partial charge in [0.15, 0.2) is 5.78 Å². The Balaban J connectivity index is 1.57. The van der Waals surface area contributed by atoms with Crippen molar-refractivity contribution in [3.05, 3.63) is 63.7 Å². The number of carbonyl (C=O) groups excluding carboxylic acids is 3. The molecule has 0 aromatic heterocycles. The molecule has 5 nitrogen and oxygen atoms in total. The van der Waals surface area contributed by atoms with Gasteiger partial charge in [0.25, 0.3) is 5.91 Å². The summed E-state index contributed by atoms with van der Waals surface area (Å²) in [6.45, 7) is 7.57. The molecule has 1 saturated carbocycles. The van der Waals surface area contributed by atoms with Gasteiger partial charge in [0.1, 0.15) is 0 Å². The molecule has 2 aromatic carbocycles. The van der Waals surface area contributed by atoms with Gasteiger partial charge in [-0.1, -0.05) is 12.1 Å². The van der Waals surface area contributed by atoms with Gasteiger partial charge in [0.05, 0.1) is 5.75 Å². The van der Waals surface area contributed by atoms with E-state index in [0.29, 0.717) is 28.8 Å². The Hall–Kier alpha value is -2.60. The normalized spacial score (nSPS) is 13.1. The molecule has 158 valence electrons. The third-order valence-electron chi connectivity index (χ3n) is 5.28. The molecule has 0 aliphatic heterocycles. The van der Waals surface area contributed by atoms with Crippen molar-refractivity contribution in [1.29, 1.82) is 0 Å². The summed E-state index contributed by atoms with van der Waals surface area (Å²) in [6.07, 6.45) is 2.07. The first-order valence-electron chi connectivity index (χ1n) is 10.2. The van der Waals surface area contributed by atoms with Crippen LogP contribution in [0.3, 0.4) is 0 Å². The molecule has 30 heavy (non-hydrogen) atoms. The summed E-state index contributed by atoms with van der Waals surface area (Å²) in [4.78, 5) is 36.5. The lowest BCUT2D eigenvalue weighted by atomic mass is 9.92. The summed E-state index contributed by atoms with van der Waals surface area (Å²) in [5, 5.41) is 5.82. The van der Waals surface area contributed by atoms with Crippen LogP contribution in [-0.2, 0) is 10.5 Å². The molecule has 0 radical (unpaired) electrons. The maximum atomic E-state index is 12.4. The van der Waals surface area contributed by atoms with E-state index in [9.17, 15) is 14.4 Å². The quantitative estimate of drug-likeness (QED) is 0.608. The van der Waals surface area contributed by atoms with E-state index in [1.165, 1.54) is 11.8 Å². The zero-order chi connectivity index (χ0) is 21.8.